The quantitative estimate of drug-likeness (QED) is 0.615. The van der Waals surface area contributed by atoms with Crippen LogP contribution in [0.3, 0.4) is 0 Å². The second-order valence-corrected chi connectivity index (χ2v) is 7.98. The summed E-state index contributed by atoms with van der Waals surface area (Å²) in [6, 6.07) is 8.13. The number of nitrogens with one attached hydrogen (secondary N) is 2. The van der Waals surface area contributed by atoms with Crippen LogP contribution in [0.2, 0.25) is 0 Å². The molecule has 0 aliphatic carbocycles. The normalized spacial score (nSPS) is 19.0. The number of benzene rings is 1. The molecular weight excluding hydrogens is 398 g/mol. The van der Waals surface area contributed by atoms with E-state index < -0.39 is 0 Å². The van der Waals surface area contributed by atoms with E-state index in [9.17, 15) is 9.59 Å². The van der Waals surface area contributed by atoms with E-state index in [1.807, 2.05) is 19.1 Å². The number of anilines is 1. The molecule has 4 rings (SSSR count). The summed E-state index contributed by atoms with van der Waals surface area (Å²) in [6.07, 6.45) is 0.834. The number of rotatable bonds is 7. The van der Waals surface area contributed by atoms with Crippen LogP contribution in [0.25, 0.3) is 0 Å². The van der Waals surface area contributed by atoms with Crippen LogP contribution < -0.4 is 20.3 Å². The molecular formula is C21H29N7O3. The molecule has 1 fully saturated rings. The molecule has 0 spiro atoms. The Morgan fingerprint density at radius 3 is 2.68 bits per heavy atom. The average Bonchev–Trinajstić information content (AvgIpc) is 3.21. The van der Waals surface area contributed by atoms with Crippen molar-refractivity contribution in [3.63, 3.8) is 0 Å². The zero-order valence-corrected chi connectivity index (χ0v) is 18.0. The molecule has 10 nitrogen and oxygen atoms in total. The van der Waals surface area contributed by atoms with Crippen LogP contribution in [0.15, 0.2) is 24.3 Å². The molecule has 2 aromatic rings. The van der Waals surface area contributed by atoms with Crippen LogP contribution in [0, 0.1) is 0 Å². The van der Waals surface area contributed by atoms with Gasteiger partial charge in [-0.15, -0.1) is 5.10 Å². The minimum absolute atomic E-state index is 0.0252. The Kier molecular flexibility index (Phi) is 6.36. The van der Waals surface area contributed by atoms with E-state index in [0.717, 1.165) is 44.9 Å². The monoisotopic (exact) mass is 427 g/mol. The van der Waals surface area contributed by atoms with Gasteiger partial charge in [0.1, 0.15) is 5.75 Å². The number of nitrogens with zero attached hydrogens (tertiary/aromatic N) is 5. The molecule has 2 amide bonds. The van der Waals surface area contributed by atoms with Gasteiger partial charge in [-0.3, -0.25) is 14.5 Å². The van der Waals surface area contributed by atoms with Gasteiger partial charge in [0.2, 0.25) is 0 Å². The van der Waals surface area contributed by atoms with Gasteiger partial charge >= 0.3 is 0 Å². The van der Waals surface area contributed by atoms with Crippen molar-refractivity contribution in [3.8, 4) is 5.75 Å². The highest BCUT2D eigenvalue weighted by atomic mass is 16.5. The van der Waals surface area contributed by atoms with Gasteiger partial charge < -0.3 is 20.3 Å². The number of carbonyl (C=O) groups is 2. The average molecular weight is 428 g/mol. The van der Waals surface area contributed by atoms with Crippen molar-refractivity contribution >= 4 is 17.5 Å². The van der Waals surface area contributed by atoms with Crippen LogP contribution in [0.5, 0.6) is 5.75 Å². The molecule has 166 valence electrons. The molecule has 2 aliphatic heterocycles. The van der Waals surface area contributed by atoms with Gasteiger partial charge in [-0.1, -0.05) is 5.21 Å². The summed E-state index contributed by atoms with van der Waals surface area (Å²) in [4.78, 5) is 29.4. The number of piperazine rings is 1. The van der Waals surface area contributed by atoms with E-state index in [1.165, 1.54) is 10.4 Å². The predicted octanol–water partition coefficient (Wildman–Crippen LogP) is 0.361. The Morgan fingerprint density at radius 2 is 1.97 bits per heavy atom. The van der Waals surface area contributed by atoms with Crippen LogP contribution in [-0.2, 0) is 6.54 Å². The molecule has 1 atom stereocenters. The maximum Gasteiger partial charge on any atom is 0.274 e. The number of amides is 2. The lowest BCUT2D eigenvalue weighted by Crippen LogP contribution is -2.47. The fraction of sp³-hybridized carbons (Fsp3) is 0.524. The summed E-state index contributed by atoms with van der Waals surface area (Å²) >= 11 is 0. The SMILES string of the molecule is COc1ccc(N2CCN(CCCNC(=O)c3nnn4c3C(=O)N[C@@H](C)C4)CC2)cc1. The van der Waals surface area contributed by atoms with Crippen molar-refractivity contribution in [1.29, 1.82) is 0 Å². The van der Waals surface area contributed by atoms with Crippen molar-refractivity contribution in [2.24, 2.45) is 0 Å². The molecule has 1 aromatic carbocycles. The number of fused-ring (bicyclic) bond motifs is 1. The van der Waals surface area contributed by atoms with Crippen LogP contribution >= 0.6 is 0 Å². The van der Waals surface area contributed by atoms with E-state index in [4.69, 9.17) is 4.74 Å². The molecule has 1 saturated heterocycles. The Morgan fingerprint density at radius 1 is 1.23 bits per heavy atom. The summed E-state index contributed by atoms with van der Waals surface area (Å²) in [5.41, 5.74) is 1.55. The van der Waals surface area contributed by atoms with E-state index >= 15 is 0 Å². The molecule has 3 heterocycles. The highest BCUT2D eigenvalue weighted by Gasteiger charge is 2.30. The Balaban J connectivity index is 1.19. The maximum absolute atomic E-state index is 12.5. The van der Waals surface area contributed by atoms with Gasteiger partial charge in [-0.05, 0) is 44.2 Å². The van der Waals surface area contributed by atoms with E-state index in [-0.39, 0.29) is 29.2 Å². The van der Waals surface area contributed by atoms with Crippen LogP contribution in [0.1, 0.15) is 34.3 Å². The zero-order valence-electron chi connectivity index (χ0n) is 18.0. The minimum Gasteiger partial charge on any atom is -0.497 e. The maximum atomic E-state index is 12.5. The highest BCUT2D eigenvalue weighted by molar-refractivity contribution is 6.05. The third-order valence-electron chi connectivity index (χ3n) is 5.74. The molecule has 0 unspecified atom stereocenters. The highest BCUT2D eigenvalue weighted by Crippen LogP contribution is 2.20. The van der Waals surface area contributed by atoms with E-state index in [0.29, 0.717) is 13.1 Å². The van der Waals surface area contributed by atoms with Gasteiger partial charge in [0.25, 0.3) is 11.8 Å². The van der Waals surface area contributed by atoms with Crippen LogP contribution in [0.4, 0.5) is 5.69 Å². The standard InChI is InChI=1S/C21H29N7O3/c1-15-14-28-19(21(30)23-15)18(24-25-28)20(29)22-8-3-9-26-10-12-27(13-11-26)16-4-6-17(31-2)7-5-16/h4-7,15H,3,8-14H2,1-2H3,(H,22,29)(H,23,30)/t15-/m0/s1. The summed E-state index contributed by atoms with van der Waals surface area (Å²) < 4.78 is 6.72. The van der Waals surface area contributed by atoms with Crippen molar-refractivity contribution in [3.05, 3.63) is 35.7 Å². The number of hydrogen-bond acceptors (Lipinski definition) is 7. The van der Waals surface area contributed by atoms with E-state index in [2.05, 4.69) is 42.9 Å². The van der Waals surface area contributed by atoms with Crippen molar-refractivity contribution in [2.45, 2.75) is 25.9 Å². The molecule has 10 heteroatoms. The van der Waals surface area contributed by atoms with Gasteiger partial charge in [0, 0.05) is 44.5 Å². The number of aromatic nitrogens is 3. The van der Waals surface area contributed by atoms with Gasteiger partial charge in [-0.2, -0.15) is 0 Å². The largest absolute Gasteiger partial charge is 0.497 e. The first-order valence-corrected chi connectivity index (χ1v) is 10.7. The second kappa shape index (κ2) is 9.34. The smallest absolute Gasteiger partial charge is 0.274 e. The second-order valence-electron chi connectivity index (χ2n) is 7.98. The third-order valence-corrected chi connectivity index (χ3v) is 5.74. The Hall–Kier alpha value is -3.14. The molecule has 0 radical (unpaired) electrons. The van der Waals surface area contributed by atoms with Crippen molar-refractivity contribution < 1.29 is 14.3 Å². The van der Waals surface area contributed by atoms with Gasteiger partial charge in [0.05, 0.1) is 13.7 Å². The zero-order chi connectivity index (χ0) is 21.8. The first-order chi connectivity index (χ1) is 15.0. The fourth-order valence-corrected chi connectivity index (χ4v) is 4.03. The molecule has 1 aromatic heterocycles. The Bertz CT molecular complexity index is 920. The number of methoxy groups -OCH3 is 1. The third kappa shape index (κ3) is 4.79. The Labute approximate surface area is 181 Å². The van der Waals surface area contributed by atoms with Crippen molar-refractivity contribution in [2.75, 3.05) is 51.3 Å². The lowest BCUT2D eigenvalue weighted by atomic mass is 10.2. The van der Waals surface area contributed by atoms with Gasteiger partial charge in [0.15, 0.2) is 11.4 Å². The number of ether oxygens (including phenoxy) is 1. The summed E-state index contributed by atoms with van der Waals surface area (Å²) in [6.45, 7) is 7.75. The molecule has 2 N–H and O–H groups in total. The molecule has 0 bridgehead atoms. The molecule has 31 heavy (non-hydrogen) atoms. The summed E-state index contributed by atoms with van der Waals surface area (Å²) in [5, 5.41) is 13.5. The van der Waals surface area contributed by atoms with Crippen molar-refractivity contribution in [1.82, 2.24) is 30.5 Å². The fourth-order valence-electron chi connectivity index (χ4n) is 4.03. The van der Waals surface area contributed by atoms with Gasteiger partial charge in [-0.25, -0.2) is 4.68 Å². The number of hydrogen-bond donors (Lipinski definition) is 2. The first-order valence-electron chi connectivity index (χ1n) is 10.7. The summed E-state index contributed by atoms with van der Waals surface area (Å²) in [7, 11) is 1.67. The van der Waals surface area contributed by atoms with Crippen LogP contribution in [-0.4, -0.2) is 84.1 Å². The topological polar surface area (TPSA) is 105 Å². The molecule has 2 aliphatic rings. The minimum atomic E-state index is -0.352. The lowest BCUT2D eigenvalue weighted by molar-refractivity contribution is 0.0880. The summed E-state index contributed by atoms with van der Waals surface area (Å²) in [5.74, 6) is 0.213. The number of carbonyl (C=O) groups excluding carboxylic acids is 2. The molecule has 0 saturated carbocycles. The van der Waals surface area contributed by atoms with E-state index in [1.54, 1.807) is 7.11 Å². The first kappa shape index (κ1) is 21.1. The predicted molar refractivity (Wildman–Crippen MR) is 116 cm³/mol. The lowest BCUT2D eigenvalue weighted by Gasteiger charge is -2.36.